The summed E-state index contributed by atoms with van der Waals surface area (Å²) in [5.74, 6) is 0. The van der Waals surface area contributed by atoms with Crippen LogP contribution in [0.3, 0.4) is 0 Å². The second kappa shape index (κ2) is 14.9. The minimum absolute atomic E-state index is 0.647. The van der Waals surface area contributed by atoms with E-state index in [1.807, 2.05) is 0 Å². The molecule has 0 spiro atoms. The molecule has 0 aromatic heterocycles. The van der Waals surface area contributed by atoms with E-state index in [4.69, 9.17) is 0 Å². The van der Waals surface area contributed by atoms with E-state index in [1.54, 1.807) is 0 Å². The van der Waals surface area contributed by atoms with E-state index in [-0.39, 0.29) is 0 Å². The van der Waals surface area contributed by atoms with Crippen molar-refractivity contribution in [1.82, 2.24) is 0 Å². The first kappa shape index (κ1) is 21.0. The lowest BCUT2D eigenvalue weighted by molar-refractivity contribution is 0.223. The predicted molar refractivity (Wildman–Crippen MR) is 99.0 cm³/mol. The highest BCUT2D eigenvalue weighted by Gasteiger charge is 2.22. The fourth-order valence-corrected chi connectivity index (χ4v) is 3.49. The number of hydrogen-bond donors (Lipinski definition) is 0. The zero-order valence-corrected chi connectivity index (χ0v) is 15.8. The third-order valence-corrected chi connectivity index (χ3v) is 5.15. The van der Waals surface area contributed by atoms with Gasteiger partial charge in [0.25, 0.3) is 0 Å². The highest BCUT2D eigenvalue weighted by Crippen LogP contribution is 2.36. The van der Waals surface area contributed by atoms with Gasteiger partial charge in [0.2, 0.25) is 0 Å². The van der Waals surface area contributed by atoms with Gasteiger partial charge in [0.05, 0.1) is 0 Å². The van der Waals surface area contributed by atoms with E-state index in [0.717, 1.165) is 0 Å². The van der Waals surface area contributed by atoms with Gasteiger partial charge in [-0.3, -0.25) is 0 Å². The van der Waals surface area contributed by atoms with Gasteiger partial charge in [-0.1, -0.05) is 111 Å². The van der Waals surface area contributed by atoms with Crippen molar-refractivity contribution in [2.75, 3.05) is 0 Å². The summed E-state index contributed by atoms with van der Waals surface area (Å²) >= 11 is 0. The zero-order chi connectivity index (χ0) is 15.8. The highest BCUT2D eigenvalue weighted by atomic mass is 14.3. The van der Waals surface area contributed by atoms with Crippen LogP contribution < -0.4 is 0 Å². The molecule has 0 rings (SSSR count). The first-order chi connectivity index (χ1) is 10.2. The van der Waals surface area contributed by atoms with Crippen LogP contribution in [0.15, 0.2) is 0 Å². The van der Waals surface area contributed by atoms with Crippen LogP contribution in [0, 0.1) is 5.41 Å². The Labute approximate surface area is 136 Å². The summed E-state index contributed by atoms with van der Waals surface area (Å²) in [5, 5.41) is 0. The van der Waals surface area contributed by atoms with Gasteiger partial charge < -0.3 is 0 Å². The van der Waals surface area contributed by atoms with Crippen LogP contribution in [0.2, 0.25) is 0 Å². The lowest BCUT2D eigenvalue weighted by Crippen LogP contribution is -2.16. The summed E-state index contributed by atoms with van der Waals surface area (Å²) < 4.78 is 0. The Bertz CT molecular complexity index is 182. The molecule has 128 valence electrons. The van der Waals surface area contributed by atoms with Crippen LogP contribution in [0.25, 0.3) is 0 Å². The van der Waals surface area contributed by atoms with Gasteiger partial charge in [-0.05, 0) is 24.7 Å². The van der Waals surface area contributed by atoms with Gasteiger partial charge in [0, 0.05) is 0 Å². The monoisotopic (exact) mass is 296 g/mol. The van der Waals surface area contributed by atoms with Crippen LogP contribution in [-0.2, 0) is 0 Å². The molecule has 0 heterocycles. The second-order valence-electron chi connectivity index (χ2n) is 7.60. The van der Waals surface area contributed by atoms with Gasteiger partial charge in [0.15, 0.2) is 0 Å². The topological polar surface area (TPSA) is 0 Å². The smallest absolute Gasteiger partial charge is 0.0326 e. The number of hydrogen-bond acceptors (Lipinski definition) is 0. The molecule has 0 saturated heterocycles. The number of unbranched alkanes of at least 4 members (excludes halogenated alkanes) is 10. The van der Waals surface area contributed by atoms with Crippen molar-refractivity contribution >= 4 is 0 Å². The standard InChI is InChI=1S/C21H44/c1-5-8-11-14-17-20-21(4,18-15-12-9-6-2)19-16-13-10-7-3/h5-20H2,1-4H3. The molecule has 0 aromatic carbocycles. The van der Waals surface area contributed by atoms with E-state index in [2.05, 4.69) is 27.7 Å². The molecule has 0 aromatic rings. The summed E-state index contributed by atoms with van der Waals surface area (Å²) in [5.41, 5.74) is 0.647. The molecular formula is C21H44. The summed E-state index contributed by atoms with van der Waals surface area (Å²) in [4.78, 5) is 0. The molecule has 0 amide bonds. The van der Waals surface area contributed by atoms with Crippen molar-refractivity contribution in [3.8, 4) is 0 Å². The Balaban J connectivity index is 3.98. The Morgan fingerprint density at radius 2 is 0.714 bits per heavy atom. The number of rotatable bonds is 16. The maximum Gasteiger partial charge on any atom is -0.0326 e. The van der Waals surface area contributed by atoms with Crippen LogP contribution in [0.4, 0.5) is 0 Å². The van der Waals surface area contributed by atoms with Gasteiger partial charge >= 0.3 is 0 Å². The molecule has 0 aliphatic heterocycles. The van der Waals surface area contributed by atoms with Gasteiger partial charge in [-0.15, -0.1) is 0 Å². The quantitative estimate of drug-likeness (QED) is 0.251. The van der Waals surface area contributed by atoms with Crippen molar-refractivity contribution in [3.63, 3.8) is 0 Å². The first-order valence-electron chi connectivity index (χ1n) is 10.2. The van der Waals surface area contributed by atoms with Gasteiger partial charge in [0.1, 0.15) is 0 Å². The SMILES string of the molecule is CCCCCCCC(C)(CCCCCC)CCCCCC. The minimum Gasteiger partial charge on any atom is -0.0654 e. The molecule has 0 bridgehead atoms. The lowest BCUT2D eigenvalue weighted by Gasteiger charge is -2.30. The van der Waals surface area contributed by atoms with Gasteiger partial charge in [-0.25, -0.2) is 0 Å². The van der Waals surface area contributed by atoms with E-state index in [0.29, 0.717) is 5.41 Å². The maximum atomic E-state index is 2.59. The molecular weight excluding hydrogens is 252 g/mol. The first-order valence-corrected chi connectivity index (χ1v) is 10.2. The fourth-order valence-electron chi connectivity index (χ4n) is 3.49. The van der Waals surface area contributed by atoms with E-state index >= 15 is 0 Å². The van der Waals surface area contributed by atoms with Crippen LogP contribution >= 0.6 is 0 Å². The molecule has 0 fully saturated rings. The normalized spacial score (nSPS) is 12.0. The average molecular weight is 297 g/mol. The average Bonchev–Trinajstić information content (AvgIpc) is 2.48. The third-order valence-electron chi connectivity index (χ3n) is 5.15. The van der Waals surface area contributed by atoms with Crippen molar-refractivity contribution in [2.24, 2.45) is 5.41 Å². The zero-order valence-electron chi connectivity index (χ0n) is 15.8. The second-order valence-corrected chi connectivity index (χ2v) is 7.60. The molecule has 0 heteroatoms. The summed E-state index contributed by atoms with van der Waals surface area (Å²) in [7, 11) is 0. The van der Waals surface area contributed by atoms with Crippen molar-refractivity contribution < 1.29 is 0 Å². The lowest BCUT2D eigenvalue weighted by atomic mass is 9.76. The van der Waals surface area contributed by atoms with Gasteiger partial charge in [-0.2, -0.15) is 0 Å². The van der Waals surface area contributed by atoms with Crippen molar-refractivity contribution in [2.45, 2.75) is 130 Å². The molecule has 0 unspecified atom stereocenters. The fraction of sp³-hybridized carbons (Fsp3) is 1.00. The minimum atomic E-state index is 0.647. The molecule has 0 radical (unpaired) electrons. The third kappa shape index (κ3) is 13.4. The molecule has 21 heavy (non-hydrogen) atoms. The molecule has 0 saturated carbocycles. The summed E-state index contributed by atoms with van der Waals surface area (Å²) in [6.45, 7) is 9.53. The summed E-state index contributed by atoms with van der Waals surface area (Å²) in [6, 6.07) is 0. The van der Waals surface area contributed by atoms with E-state index in [9.17, 15) is 0 Å². The van der Waals surface area contributed by atoms with Crippen LogP contribution in [-0.4, -0.2) is 0 Å². The van der Waals surface area contributed by atoms with Crippen LogP contribution in [0.5, 0.6) is 0 Å². The van der Waals surface area contributed by atoms with Crippen molar-refractivity contribution in [1.29, 1.82) is 0 Å². The van der Waals surface area contributed by atoms with E-state index in [1.165, 1.54) is 103 Å². The Kier molecular flexibility index (Phi) is 14.9. The molecule has 0 N–H and O–H groups in total. The maximum absolute atomic E-state index is 2.59. The Morgan fingerprint density at radius 1 is 0.429 bits per heavy atom. The molecule has 0 nitrogen and oxygen atoms in total. The van der Waals surface area contributed by atoms with E-state index < -0.39 is 0 Å². The van der Waals surface area contributed by atoms with Crippen LogP contribution in [0.1, 0.15) is 130 Å². The predicted octanol–water partition coefficient (Wildman–Crippen LogP) is 8.29. The summed E-state index contributed by atoms with van der Waals surface area (Å²) in [6.07, 6.45) is 23.1. The Morgan fingerprint density at radius 3 is 1.05 bits per heavy atom. The highest BCUT2D eigenvalue weighted by molar-refractivity contribution is 4.75. The Hall–Kier alpha value is 0. The molecule has 0 atom stereocenters. The molecule has 0 aliphatic carbocycles. The largest absolute Gasteiger partial charge is 0.0654 e. The van der Waals surface area contributed by atoms with Crippen molar-refractivity contribution in [3.05, 3.63) is 0 Å². The molecule has 0 aliphatic rings.